The summed E-state index contributed by atoms with van der Waals surface area (Å²) in [5.41, 5.74) is 0.502. The highest BCUT2D eigenvalue weighted by Gasteiger charge is 2.54. The van der Waals surface area contributed by atoms with Gasteiger partial charge in [-0.15, -0.1) is 0 Å². The first-order valence-corrected chi connectivity index (χ1v) is 12.3. The van der Waals surface area contributed by atoms with E-state index < -0.39 is 58.0 Å². The molecule has 0 N–H and O–H groups in total. The molecule has 0 unspecified atom stereocenters. The van der Waals surface area contributed by atoms with Crippen LogP contribution in [0.3, 0.4) is 0 Å². The van der Waals surface area contributed by atoms with Crippen molar-refractivity contribution in [3.05, 3.63) is 75.8 Å². The Kier molecular flexibility index (Phi) is 7.44. The predicted octanol–water partition coefficient (Wildman–Crippen LogP) is 1.95. The number of methoxy groups -OCH3 is 1. The average Bonchev–Trinajstić information content (AvgIpc) is 2.84. The van der Waals surface area contributed by atoms with Gasteiger partial charge in [0.15, 0.2) is 24.8 Å². The Morgan fingerprint density at radius 2 is 1.74 bits per heavy atom. The van der Waals surface area contributed by atoms with Crippen LogP contribution >= 0.6 is 0 Å². The smallest absolute Gasteiger partial charge is 0.338 e. The van der Waals surface area contributed by atoms with Crippen molar-refractivity contribution in [1.29, 1.82) is 0 Å². The van der Waals surface area contributed by atoms with Crippen LogP contribution in [-0.2, 0) is 38.0 Å². The summed E-state index contributed by atoms with van der Waals surface area (Å²) < 4.78 is 57.8. The lowest BCUT2D eigenvalue weighted by Crippen LogP contribution is -2.64. The van der Waals surface area contributed by atoms with Gasteiger partial charge >= 0.3 is 5.97 Å². The number of esters is 1. The van der Waals surface area contributed by atoms with Crippen molar-refractivity contribution >= 4 is 21.8 Å². The molecule has 2 aromatic rings. The van der Waals surface area contributed by atoms with Gasteiger partial charge in [-0.1, -0.05) is 30.3 Å². The summed E-state index contributed by atoms with van der Waals surface area (Å²) in [6.07, 6.45) is -5.64. The topological polar surface area (TPSA) is 150 Å². The van der Waals surface area contributed by atoms with Gasteiger partial charge in [-0.3, -0.25) is 14.3 Å². The van der Waals surface area contributed by atoms with Gasteiger partial charge in [0, 0.05) is 24.8 Å². The molecule has 2 saturated heterocycles. The zero-order chi connectivity index (χ0) is 25.2. The third-order valence-electron chi connectivity index (χ3n) is 5.43. The Morgan fingerprint density at radius 3 is 2.34 bits per heavy atom. The van der Waals surface area contributed by atoms with Crippen molar-refractivity contribution in [3.8, 4) is 0 Å². The Balaban J connectivity index is 1.64. The van der Waals surface area contributed by atoms with E-state index >= 15 is 0 Å². The van der Waals surface area contributed by atoms with Crippen LogP contribution in [0.4, 0.5) is 5.69 Å². The lowest BCUT2D eigenvalue weighted by atomic mass is 9.97. The summed E-state index contributed by atoms with van der Waals surface area (Å²) in [7, 11) is -2.74. The lowest BCUT2D eigenvalue weighted by molar-refractivity contribution is -0.384. The van der Waals surface area contributed by atoms with E-state index in [0.717, 1.165) is 18.4 Å². The fraction of sp³-hybridized carbons (Fsp3) is 0.409. The fourth-order valence-electron chi connectivity index (χ4n) is 3.87. The van der Waals surface area contributed by atoms with Crippen LogP contribution in [0.25, 0.3) is 0 Å². The molecule has 6 atom stereocenters. The van der Waals surface area contributed by atoms with E-state index in [2.05, 4.69) is 0 Å². The second-order valence-electron chi connectivity index (χ2n) is 7.89. The monoisotopic (exact) mass is 509 g/mol. The van der Waals surface area contributed by atoms with Gasteiger partial charge in [0.05, 0.1) is 23.3 Å². The van der Waals surface area contributed by atoms with Crippen molar-refractivity contribution in [1.82, 2.24) is 0 Å². The highest BCUT2D eigenvalue weighted by Crippen LogP contribution is 2.37. The number of nitro benzene ring substituents is 1. The number of hydrogen-bond donors (Lipinski definition) is 0. The minimum Gasteiger partial charge on any atom is -0.453 e. The van der Waals surface area contributed by atoms with Crippen LogP contribution in [0, 0.1) is 10.1 Å². The summed E-state index contributed by atoms with van der Waals surface area (Å²) in [6, 6.07) is 13.8. The molecule has 2 aromatic carbocycles. The quantitative estimate of drug-likeness (QED) is 0.233. The van der Waals surface area contributed by atoms with Crippen LogP contribution < -0.4 is 0 Å². The molecule has 12 nitrogen and oxygen atoms in total. The number of non-ortho nitro benzene ring substituents is 1. The summed E-state index contributed by atoms with van der Waals surface area (Å²) >= 11 is 0. The molecule has 0 amide bonds. The van der Waals surface area contributed by atoms with Gasteiger partial charge < -0.3 is 23.7 Å². The van der Waals surface area contributed by atoms with E-state index in [1.54, 1.807) is 24.3 Å². The molecular weight excluding hydrogens is 486 g/mol. The summed E-state index contributed by atoms with van der Waals surface area (Å²) in [6.45, 7) is 0.0429. The Bertz CT molecular complexity index is 1160. The normalized spacial score (nSPS) is 28.6. The van der Waals surface area contributed by atoms with E-state index in [0.29, 0.717) is 5.56 Å². The van der Waals surface area contributed by atoms with E-state index in [9.17, 15) is 23.3 Å². The molecule has 0 radical (unpaired) electrons. The van der Waals surface area contributed by atoms with Crippen molar-refractivity contribution in [2.75, 3.05) is 20.0 Å². The maximum atomic E-state index is 13.0. The second-order valence-corrected chi connectivity index (χ2v) is 9.49. The van der Waals surface area contributed by atoms with Gasteiger partial charge in [-0.25, -0.2) is 4.79 Å². The molecule has 188 valence electrons. The van der Waals surface area contributed by atoms with E-state index in [1.807, 2.05) is 6.07 Å². The van der Waals surface area contributed by atoms with Gasteiger partial charge in [0.2, 0.25) is 0 Å². The van der Waals surface area contributed by atoms with Crippen LogP contribution in [0.5, 0.6) is 0 Å². The first-order valence-electron chi connectivity index (χ1n) is 10.5. The molecule has 35 heavy (non-hydrogen) atoms. The van der Waals surface area contributed by atoms with Gasteiger partial charge in [-0.05, 0) is 12.1 Å². The van der Waals surface area contributed by atoms with Crippen molar-refractivity contribution in [2.24, 2.45) is 0 Å². The Morgan fingerprint density at radius 1 is 1.06 bits per heavy atom. The number of fused-ring (bicyclic) bond motifs is 1. The fourth-order valence-corrected chi connectivity index (χ4v) is 4.47. The van der Waals surface area contributed by atoms with Crippen LogP contribution in [-0.4, -0.2) is 70.0 Å². The minimum atomic E-state index is -4.03. The highest BCUT2D eigenvalue weighted by atomic mass is 32.2. The lowest BCUT2D eigenvalue weighted by Gasteiger charge is -2.47. The maximum Gasteiger partial charge on any atom is 0.338 e. The molecule has 13 heteroatoms. The molecule has 0 spiro atoms. The third-order valence-corrected chi connectivity index (χ3v) is 6.00. The van der Waals surface area contributed by atoms with Gasteiger partial charge in [0.1, 0.15) is 12.2 Å². The number of carbonyl (C=O) groups is 1. The zero-order valence-corrected chi connectivity index (χ0v) is 19.5. The number of carbonyl (C=O) groups excluding carboxylic acids is 1. The predicted molar refractivity (Wildman–Crippen MR) is 118 cm³/mol. The zero-order valence-electron chi connectivity index (χ0n) is 18.7. The molecule has 2 aliphatic heterocycles. The van der Waals surface area contributed by atoms with Crippen molar-refractivity contribution < 1.29 is 46.0 Å². The van der Waals surface area contributed by atoms with Gasteiger partial charge in [-0.2, -0.15) is 8.42 Å². The number of hydrogen-bond acceptors (Lipinski definition) is 11. The molecule has 0 aliphatic carbocycles. The van der Waals surface area contributed by atoms with Crippen LogP contribution in [0.15, 0.2) is 54.6 Å². The standard InChI is InChI=1S/C22H23NO11S/c1-29-22-19(34-35(2,27)28)18(32-20(24)13-8-10-15(11-9-13)23(25)26)17-16(31-22)12-30-21(33-17)14-6-4-3-5-7-14/h3-11,16-19,21-22H,12H2,1-2H3/t16-,17+,18-,19+,21-,22-/m0/s1. The van der Waals surface area contributed by atoms with Crippen LogP contribution in [0.2, 0.25) is 0 Å². The largest absolute Gasteiger partial charge is 0.453 e. The molecule has 2 heterocycles. The summed E-state index contributed by atoms with van der Waals surface area (Å²) in [5.74, 6) is -0.867. The first kappa shape index (κ1) is 25.2. The van der Waals surface area contributed by atoms with Crippen molar-refractivity contribution in [3.63, 3.8) is 0 Å². The highest BCUT2D eigenvalue weighted by molar-refractivity contribution is 7.86. The van der Waals surface area contributed by atoms with Gasteiger partial charge in [0.25, 0.3) is 15.8 Å². The van der Waals surface area contributed by atoms with E-state index in [4.69, 9.17) is 27.9 Å². The maximum absolute atomic E-state index is 13.0. The first-order chi connectivity index (χ1) is 16.7. The molecular formula is C22H23NO11S. The summed E-state index contributed by atoms with van der Waals surface area (Å²) in [5, 5.41) is 10.9. The molecule has 2 fully saturated rings. The number of rotatable bonds is 7. The molecule has 4 rings (SSSR count). The second kappa shape index (κ2) is 10.4. The number of ether oxygens (including phenoxy) is 5. The molecule has 2 aliphatic rings. The minimum absolute atomic E-state index is 0.0115. The Labute approximate surface area is 200 Å². The van der Waals surface area contributed by atoms with Crippen LogP contribution in [0.1, 0.15) is 22.2 Å². The van der Waals surface area contributed by atoms with E-state index in [1.165, 1.54) is 19.2 Å². The molecule has 0 aromatic heterocycles. The summed E-state index contributed by atoms with van der Waals surface area (Å²) in [4.78, 5) is 23.3. The molecule has 0 bridgehead atoms. The van der Waals surface area contributed by atoms with E-state index in [-0.39, 0.29) is 17.9 Å². The Hall–Kier alpha value is -2.94. The number of nitro groups is 1. The number of benzene rings is 2. The average molecular weight is 509 g/mol. The SMILES string of the molecule is CO[C@H]1O[C@H]2CO[C@H](c3ccccc3)O[C@H]2[C@H](OC(=O)c2ccc([N+](=O)[O-])cc2)[C@H]1OS(C)(=O)=O. The third kappa shape index (κ3) is 5.83. The number of nitrogens with zero attached hydrogens (tertiary/aromatic N) is 1. The van der Waals surface area contributed by atoms with Crippen molar-refractivity contribution in [2.45, 2.75) is 37.0 Å². The molecule has 0 saturated carbocycles.